The summed E-state index contributed by atoms with van der Waals surface area (Å²) in [5, 5.41) is 0. The SMILES string of the molecule is CCN1CCC2(CC1)CCN(Cc1ccccc1)CC2. The Morgan fingerprint density at radius 3 is 1.95 bits per heavy atom. The molecule has 0 bridgehead atoms. The molecule has 0 N–H and O–H groups in total. The van der Waals surface area contributed by atoms with Gasteiger partial charge in [0.2, 0.25) is 0 Å². The number of likely N-dealkylation sites (tertiary alicyclic amines) is 2. The average molecular weight is 272 g/mol. The van der Waals surface area contributed by atoms with E-state index in [0.29, 0.717) is 5.41 Å². The molecule has 0 radical (unpaired) electrons. The Hall–Kier alpha value is -0.860. The summed E-state index contributed by atoms with van der Waals surface area (Å²) in [6, 6.07) is 10.9. The van der Waals surface area contributed by atoms with Crippen LogP contribution in [0.5, 0.6) is 0 Å². The molecule has 2 fully saturated rings. The zero-order valence-corrected chi connectivity index (χ0v) is 12.9. The summed E-state index contributed by atoms with van der Waals surface area (Å²) in [4.78, 5) is 5.26. The van der Waals surface area contributed by atoms with Crippen LogP contribution in [-0.4, -0.2) is 42.5 Å². The highest BCUT2D eigenvalue weighted by Gasteiger charge is 2.36. The van der Waals surface area contributed by atoms with E-state index in [1.54, 1.807) is 0 Å². The Morgan fingerprint density at radius 2 is 1.40 bits per heavy atom. The lowest BCUT2D eigenvalue weighted by atomic mass is 9.71. The highest BCUT2D eigenvalue weighted by atomic mass is 15.1. The van der Waals surface area contributed by atoms with Gasteiger partial charge in [-0.1, -0.05) is 37.3 Å². The van der Waals surface area contributed by atoms with Gasteiger partial charge in [0.05, 0.1) is 0 Å². The molecule has 20 heavy (non-hydrogen) atoms. The van der Waals surface area contributed by atoms with Gasteiger partial charge in [0, 0.05) is 6.54 Å². The second kappa shape index (κ2) is 6.28. The summed E-state index contributed by atoms with van der Waals surface area (Å²) in [7, 11) is 0. The maximum absolute atomic E-state index is 2.65. The predicted molar refractivity (Wildman–Crippen MR) is 84.7 cm³/mol. The lowest BCUT2D eigenvalue weighted by Gasteiger charge is -2.46. The number of hydrogen-bond donors (Lipinski definition) is 0. The van der Waals surface area contributed by atoms with Gasteiger partial charge in [-0.3, -0.25) is 4.90 Å². The van der Waals surface area contributed by atoms with Crippen LogP contribution in [-0.2, 0) is 6.54 Å². The minimum atomic E-state index is 0.679. The second-order valence-electron chi connectivity index (χ2n) is 6.70. The number of benzene rings is 1. The van der Waals surface area contributed by atoms with Gasteiger partial charge in [0.25, 0.3) is 0 Å². The van der Waals surface area contributed by atoms with Gasteiger partial charge in [0.1, 0.15) is 0 Å². The van der Waals surface area contributed by atoms with Crippen molar-refractivity contribution in [3.8, 4) is 0 Å². The molecule has 2 aliphatic heterocycles. The Bertz CT molecular complexity index is 397. The van der Waals surface area contributed by atoms with Crippen molar-refractivity contribution in [1.29, 1.82) is 0 Å². The number of nitrogens with zero attached hydrogens (tertiary/aromatic N) is 2. The zero-order valence-electron chi connectivity index (χ0n) is 12.9. The highest BCUT2D eigenvalue weighted by molar-refractivity contribution is 5.14. The maximum atomic E-state index is 2.65. The van der Waals surface area contributed by atoms with Crippen molar-refractivity contribution >= 4 is 0 Å². The first-order chi connectivity index (χ1) is 9.80. The van der Waals surface area contributed by atoms with Crippen LogP contribution in [0.3, 0.4) is 0 Å². The fourth-order valence-corrected chi connectivity index (χ4v) is 3.87. The third-order valence-electron chi connectivity index (χ3n) is 5.53. The van der Waals surface area contributed by atoms with Crippen LogP contribution in [0, 0.1) is 5.41 Å². The molecule has 2 aliphatic rings. The van der Waals surface area contributed by atoms with E-state index in [1.165, 1.54) is 64.0 Å². The van der Waals surface area contributed by atoms with Gasteiger partial charge in [-0.15, -0.1) is 0 Å². The van der Waals surface area contributed by atoms with Gasteiger partial charge >= 0.3 is 0 Å². The van der Waals surface area contributed by atoms with E-state index < -0.39 is 0 Å². The molecule has 1 spiro atoms. The van der Waals surface area contributed by atoms with Gasteiger partial charge in [-0.05, 0) is 69.4 Å². The van der Waals surface area contributed by atoms with Gasteiger partial charge < -0.3 is 4.90 Å². The lowest BCUT2D eigenvalue weighted by molar-refractivity contribution is 0.0341. The lowest BCUT2D eigenvalue weighted by Crippen LogP contribution is -2.46. The molecular weight excluding hydrogens is 244 g/mol. The summed E-state index contributed by atoms with van der Waals surface area (Å²) < 4.78 is 0. The Balaban J connectivity index is 1.50. The molecule has 0 unspecified atom stereocenters. The molecule has 0 atom stereocenters. The van der Waals surface area contributed by atoms with Crippen molar-refractivity contribution in [1.82, 2.24) is 9.80 Å². The van der Waals surface area contributed by atoms with E-state index in [2.05, 4.69) is 47.1 Å². The molecule has 1 aromatic carbocycles. The average Bonchev–Trinajstić information content (AvgIpc) is 2.52. The standard InChI is InChI=1S/C18H28N2/c1-2-19-12-8-18(9-13-19)10-14-20(15-11-18)16-17-6-4-3-5-7-17/h3-7H,2,8-16H2,1H3. The molecule has 110 valence electrons. The summed E-state index contributed by atoms with van der Waals surface area (Å²) in [5.41, 5.74) is 2.14. The normalized spacial score (nSPS) is 24.1. The van der Waals surface area contributed by atoms with Crippen molar-refractivity contribution in [3.63, 3.8) is 0 Å². The summed E-state index contributed by atoms with van der Waals surface area (Å²) in [6.45, 7) is 9.90. The first kappa shape index (κ1) is 14.1. The van der Waals surface area contributed by atoms with Crippen molar-refractivity contribution in [2.24, 2.45) is 5.41 Å². The molecule has 2 saturated heterocycles. The zero-order chi connectivity index (χ0) is 13.8. The van der Waals surface area contributed by atoms with Crippen molar-refractivity contribution in [3.05, 3.63) is 35.9 Å². The fraction of sp³-hybridized carbons (Fsp3) is 0.667. The first-order valence-corrected chi connectivity index (χ1v) is 8.28. The number of hydrogen-bond acceptors (Lipinski definition) is 2. The van der Waals surface area contributed by atoms with E-state index >= 15 is 0 Å². The van der Waals surface area contributed by atoms with Gasteiger partial charge in [0.15, 0.2) is 0 Å². The molecule has 2 nitrogen and oxygen atoms in total. The van der Waals surface area contributed by atoms with Crippen molar-refractivity contribution < 1.29 is 0 Å². The van der Waals surface area contributed by atoms with E-state index in [4.69, 9.17) is 0 Å². The van der Waals surface area contributed by atoms with E-state index in [0.717, 1.165) is 6.54 Å². The molecule has 1 aromatic rings. The smallest absolute Gasteiger partial charge is 0.0233 e. The Labute approximate surface area is 123 Å². The van der Waals surface area contributed by atoms with Crippen LogP contribution in [0.1, 0.15) is 38.2 Å². The monoisotopic (exact) mass is 272 g/mol. The molecule has 0 aromatic heterocycles. The van der Waals surface area contributed by atoms with Crippen LogP contribution in [0.25, 0.3) is 0 Å². The van der Waals surface area contributed by atoms with Gasteiger partial charge in [-0.2, -0.15) is 0 Å². The van der Waals surface area contributed by atoms with E-state index in [1.807, 2.05) is 0 Å². The topological polar surface area (TPSA) is 6.48 Å². The third-order valence-corrected chi connectivity index (χ3v) is 5.53. The largest absolute Gasteiger partial charge is 0.304 e. The second-order valence-corrected chi connectivity index (χ2v) is 6.70. The van der Waals surface area contributed by atoms with Crippen molar-refractivity contribution in [2.45, 2.75) is 39.2 Å². The third kappa shape index (κ3) is 3.24. The molecule has 0 aliphatic carbocycles. The van der Waals surface area contributed by atoms with E-state index in [-0.39, 0.29) is 0 Å². The van der Waals surface area contributed by atoms with Crippen LogP contribution in [0.2, 0.25) is 0 Å². The molecular formula is C18H28N2. The Kier molecular flexibility index (Phi) is 4.42. The summed E-state index contributed by atoms with van der Waals surface area (Å²) >= 11 is 0. The van der Waals surface area contributed by atoms with Crippen LogP contribution in [0.4, 0.5) is 0 Å². The van der Waals surface area contributed by atoms with Gasteiger partial charge in [-0.25, -0.2) is 0 Å². The van der Waals surface area contributed by atoms with Crippen LogP contribution in [0.15, 0.2) is 30.3 Å². The van der Waals surface area contributed by atoms with E-state index in [9.17, 15) is 0 Å². The Morgan fingerprint density at radius 1 is 0.850 bits per heavy atom. The molecule has 0 amide bonds. The molecule has 3 rings (SSSR count). The first-order valence-electron chi connectivity index (χ1n) is 8.28. The van der Waals surface area contributed by atoms with Crippen molar-refractivity contribution in [2.75, 3.05) is 32.7 Å². The van der Waals surface area contributed by atoms with Crippen LogP contribution >= 0.6 is 0 Å². The maximum Gasteiger partial charge on any atom is 0.0233 e. The molecule has 2 heterocycles. The van der Waals surface area contributed by atoms with Crippen LogP contribution < -0.4 is 0 Å². The predicted octanol–water partition coefficient (Wildman–Crippen LogP) is 3.38. The minimum Gasteiger partial charge on any atom is -0.304 e. The summed E-state index contributed by atoms with van der Waals surface area (Å²) in [6.07, 6.45) is 5.69. The molecule has 2 heteroatoms. The molecule has 0 saturated carbocycles. The number of piperidine rings is 2. The highest BCUT2D eigenvalue weighted by Crippen LogP contribution is 2.41. The number of rotatable bonds is 3. The minimum absolute atomic E-state index is 0.679. The fourth-order valence-electron chi connectivity index (χ4n) is 3.87. The quantitative estimate of drug-likeness (QED) is 0.832. The summed E-state index contributed by atoms with van der Waals surface area (Å²) in [5.74, 6) is 0.